The molecule has 2 N–H and O–H groups in total. The van der Waals surface area contributed by atoms with Gasteiger partial charge >= 0.3 is 0 Å². The van der Waals surface area contributed by atoms with Crippen molar-refractivity contribution in [1.82, 2.24) is 9.97 Å². The van der Waals surface area contributed by atoms with E-state index in [2.05, 4.69) is 20.6 Å². The predicted molar refractivity (Wildman–Crippen MR) is 116 cm³/mol. The van der Waals surface area contributed by atoms with Crippen LogP contribution in [0.15, 0.2) is 48.5 Å². The van der Waals surface area contributed by atoms with E-state index in [-0.39, 0.29) is 19.1 Å². The molecule has 0 bridgehead atoms. The van der Waals surface area contributed by atoms with Crippen molar-refractivity contribution in [3.63, 3.8) is 0 Å². The van der Waals surface area contributed by atoms with Crippen molar-refractivity contribution >= 4 is 29.0 Å². The lowest BCUT2D eigenvalue weighted by molar-refractivity contribution is -0.115. The lowest BCUT2D eigenvalue weighted by atomic mass is 10.1. The molecular formula is C22H23N5O3. The summed E-state index contributed by atoms with van der Waals surface area (Å²) in [5.74, 6) is 2.63. The van der Waals surface area contributed by atoms with Crippen LogP contribution in [-0.2, 0) is 11.2 Å². The fraction of sp³-hybridized carbons (Fsp3) is 0.227. The Bertz CT molecular complexity index is 1070. The van der Waals surface area contributed by atoms with E-state index in [0.717, 1.165) is 22.8 Å². The summed E-state index contributed by atoms with van der Waals surface area (Å²) in [7, 11) is 3.87. The minimum Gasteiger partial charge on any atom is -0.454 e. The first-order valence-electron chi connectivity index (χ1n) is 9.55. The number of carbonyl (C=O) groups is 1. The number of amides is 1. The number of rotatable bonds is 6. The smallest absolute Gasteiger partial charge is 0.231 e. The van der Waals surface area contributed by atoms with Gasteiger partial charge in [-0.2, -0.15) is 4.98 Å². The van der Waals surface area contributed by atoms with Gasteiger partial charge in [0.2, 0.25) is 18.6 Å². The van der Waals surface area contributed by atoms with E-state index in [1.165, 1.54) is 0 Å². The van der Waals surface area contributed by atoms with Crippen LogP contribution in [0.25, 0.3) is 0 Å². The van der Waals surface area contributed by atoms with Crippen LogP contribution >= 0.6 is 0 Å². The Labute approximate surface area is 174 Å². The highest BCUT2D eigenvalue weighted by Gasteiger charge is 2.14. The van der Waals surface area contributed by atoms with E-state index in [1.54, 1.807) is 0 Å². The normalized spacial score (nSPS) is 11.8. The summed E-state index contributed by atoms with van der Waals surface area (Å²) in [6.07, 6.45) is 0.251. The van der Waals surface area contributed by atoms with Crippen LogP contribution in [0.2, 0.25) is 0 Å². The number of hydrogen-bond acceptors (Lipinski definition) is 7. The Balaban J connectivity index is 1.37. The van der Waals surface area contributed by atoms with Gasteiger partial charge < -0.3 is 25.0 Å². The highest BCUT2D eigenvalue weighted by atomic mass is 16.7. The molecule has 0 saturated carbocycles. The zero-order valence-electron chi connectivity index (χ0n) is 17.1. The van der Waals surface area contributed by atoms with Gasteiger partial charge in [0.25, 0.3) is 0 Å². The molecule has 0 saturated heterocycles. The van der Waals surface area contributed by atoms with Gasteiger partial charge in [-0.25, -0.2) is 4.98 Å². The number of aryl methyl sites for hydroxylation is 1. The highest BCUT2D eigenvalue weighted by Crippen LogP contribution is 2.32. The van der Waals surface area contributed by atoms with Crippen molar-refractivity contribution in [2.75, 3.05) is 36.4 Å². The standard InChI is InChI=1S/C22H23N5O3/c1-14-10-20(27(2)3)26-22(23-14)25-17-7-5-16(6-8-17)24-21(28)12-15-4-9-18-19(11-15)30-13-29-18/h4-11H,12-13H2,1-3H3,(H,24,28)(H,23,25,26). The zero-order valence-corrected chi connectivity index (χ0v) is 17.1. The Hall–Kier alpha value is -3.81. The molecule has 1 aliphatic rings. The molecule has 1 amide bonds. The number of carbonyl (C=O) groups excluding carboxylic acids is 1. The summed E-state index contributed by atoms with van der Waals surface area (Å²) >= 11 is 0. The van der Waals surface area contributed by atoms with E-state index < -0.39 is 0 Å². The SMILES string of the molecule is Cc1cc(N(C)C)nc(Nc2ccc(NC(=O)Cc3ccc4c(c3)OCO4)cc2)n1. The summed E-state index contributed by atoms with van der Waals surface area (Å²) in [6, 6.07) is 14.9. The maximum atomic E-state index is 12.4. The second-order valence-corrected chi connectivity index (χ2v) is 7.20. The third-order valence-corrected chi connectivity index (χ3v) is 4.53. The van der Waals surface area contributed by atoms with Crippen molar-refractivity contribution in [1.29, 1.82) is 0 Å². The molecule has 0 radical (unpaired) electrons. The highest BCUT2D eigenvalue weighted by molar-refractivity contribution is 5.92. The molecule has 0 spiro atoms. The quantitative estimate of drug-likeness (QED) is 0.649. The van der Waals surface area contributed by atoms with Crippen LogP contribution in [0.4, 0.5) is 23.1 Å². The summed E-state index contributed by atoms with van der Waals surface area (Å²) in [5.41, 5.74) is 3.29. The van der Waals surface area contributed by atoms with Gasteiger partial charge in [0.1, 0.15) is 5.82 Å². The molecule has 8 heteroatoms. The molecule has 8 nitrogen and oxygen atoms in total. The first kappa shape index (κ1) is 19.5. The second kappa shape index (κ2) is 8.28. The third-order valence-electron chi connectivity index (χ3n) is 4.53. The molecule has 1 aromatic heterocycles. The first-order chi connectivity index (χ1) is 14.5. The summed E-state index contributed by atoms with van der Waals surface area (Å²) in [6.45, 7) is 2.15. The Morgan fingerprint density at radius 1 is 1.00 bits per heavy atom. The predicted octanol–water partition coefficient (Wildman–Crippen LogP) is 3.50. The summed E-state index contributed by atoms with van der Waals surface area (Å²) < 4.78 is 10.6. The average molecular weight is 405 g/mol. The van der Waals surface area contributed by atoms with Crippen LogP contribution in [0.3, 0.4) is 0 Å². The molecule has 0 unspecified atom stereocenters. The van der Waals surface area contributed by atoms with Crippen molar-refractivity contribution in [2.24, 2.45) is 0 Å². The molecule has 1 aliphatic heterocycles. The minimum absolute atomic E-state index is 0.104. The lowest BCUT2D eigenvalue weighted by Crippen LogP contribution is -2.14. The van der Waals surface area contributed by atoms with Gasteiger partial charge in [0.15, 0.2) is 11.5 Å². The van der Waals surface area contributed by atoms with Crippen molar-refractivity contribution in [2.45, 2.75) is 13.3 Å². The van der Waals surface area contributed by atoms with Crippen LogP contribution in [-0.4, -0.2) is 36.8 Å². The monoisotopic (exact) mass is 405 g/mol. The topological polar surface area (TPSA) is 88.6 Å². The van der Waals surface area contributed by atoms with Gasteiger partial charge in [-0.15, -0.1) is 0 Å². The number of ether oxygens (including phenoxy) is 2. The summed E-state index contributed by atoms with van der Waals surface area (Å²) in [4.78, 5) is 23.2. The number of anilines is 4. The molecule has 2 aromatic carbocycles. The molecule has 2 heterocycles. The Kier molecular flexibility index (Phi) is 5.38. The maximum Gasteiger partial charge on any atom is 0.231 e. The Morgan fingerprint density at radius 3 is 2.50 bits per heavy atom. The van der Waals surface area contributed by atoms with E-state index >= 15 is 0 Å². The number of benzene rings is 2. The molecule has 30 heavy (non-hydrogen) atoms. The minimum atomic E-state index is -0.104. The first-order valence-corrected chi connectivity index (χ1v) is 9.55. The van der Waals surface area contributed by atoms with Crippen molar-refractivity contribution < 1.29 is 14.3 Å². The molecule has 0 fully saturated rings. The number of nitrogens with one attached hydrogen (secondary N) is 2. The van der Waals surface area contributed by atoms with Gasteiger partial charge in [-0.3, -0.25) is 4.79 Å². The number of hydrogen-bond donors (Lipinski definition) is 2. The molecule has 4 rings (SSSR count). The number of aromatic nitrogens is 2. The second-order valence-electron chi connectivity index (χ2n) is 7.20. The molecule has 0 aliphatic carbocycles. The van der Waals surface area contributed by atoms with Crippen molar-refractivity contribution in [3.05, 3.63) is 59.8 Å². The molecule has 0 atom stereocenters. The average Bonchev–Trinajstić information content (AvgIpc) is 3.17. The Morgan fingerprint density at radius 2 is 1.73 bits per heavy atom. The number of nitrogens with zero attached hydrogens (tertiary/aromatic N) is 3. The van der Waals surface area contributed by atoms with Gasteiger partial charge in [-0.1, -0.05) is 6.07 Å². The molecule has 154 valence electrons. The zero-order chi connectivity index (χ0) is 21.1. The van der Waals surface area contributed by atoms with Crippen LogP contribution in [0, 0.1) is 6.92 Å². The molecule has 3 aromatic rings. The van der Waals surface area contributed by atoms with Crippen LogP contribution in [0.5, 0.6) is 11.5 Å². The van der Waals surface area contributed by atoms with Gasteiger partial charge in [0, 0.05) is 37.2 Å². The fourth-order valence-electron chi connectivity index (χ4n) is 3.04. The van der Waals surface area contributed by atoms with E-state index in [0.29, 0.717) is 23.1 Å². The van der Waals surface area contributed by atoms with E-state index in [4.69, 9.17) is 9.47 Å². The van der Waals surface area contributed by atoms with Gasteiger partial charge in [-0.05, 0) is 48.9 Å². The van der Waals surface area contributed by atoms with Gasteiger partial charge in [0.05, 0.1) is 6.42 Å². The largest absolute Gasteiger partial charge is 0.454 e. The van der Waals surface area contributed by atoms with Crippen molar-refractivity contribution in [3.8, 4) is 11.5 Å². The van der Waals surface area contributed by atoms with Crippen LogP contribution in [0.1, 0.15) is 11.3 Å². The molecular weight excluding hydrogens is 382 g/mol. The maximum absolute atomic E-state index is 12.4. The van der Waals surface area contributed by atoms with E-state index in [9.17, 15) is 4.79 Å². The summed E-state index contributed by atoms with van der Waals surface area (Å²) in [5, 5.41) is 6.10. The third kappa shape index (κ3) is 4.60. The lowest BCUT2D eigenvalue weighted by Gasteiger charge is -2.14. The fourth-order valence-corrected chi connectivity index (χ4v) is 3.04. The van der Waals surface area contributed by atoms with Crippen LogP contribution < -0.4 is 25.0 Å². The number of fused-ring (bicyclic) bond motifs is 1. The van der Waals surface area contributed by atoms with E-state index in [1.807, 2.05) is 74.4 Å².